The van der Waals surface area contributed by atoms with E-state index in [1.54, 1.807) is 0 Å². The van der Waals surface area contributed by atoms with E-state index in [9.17, 15) is 19.8 Å². The summed E-state index contributed by atoms with van der Waals surface area (Å²) in [4.78, 5) is 24.4. The molecule has 0 saturated heterocycles. The molecule has 0 aromatic heterocycles. The van der Waals surface area contributed by atoms with E-state index in [0.717, 1.165) is 70.6 Å². The van der Waals surface area contributed by atoms with Crippen molar-refractivity contribution < 1.29 is 24.5 Å². The SMILES string of the molecule is CCCCC/C=C\C/C=C\CCCCCCCCCC(=O)OCCCCCCCCC/C=C\CCCCCCCC(=O)NC(CO)C(O)CCCCCCCCCCC. The van der Waals surface area contributed by atoms with Crippen molar-refractivity contribution in [3.8, 4) is 0 Å². The van der Waals surface area contributed by atoms with Gasteiger partial charge in [0.2, 0.25) is 5.91 Å². The molecule has 0 rings (SSSR count). The minimum atomic E-state index is -0.673. The Morgan fingerprint density at radius 1 is 0.475 bits per heavy atom. The Labute approximate surface area is 366 Å². The fraction of sp³-hybridized carbons (Fsp3) is 0.849. The van der Waals surface area contributed by atoms with Gasteiger partial charge in [0, 0.05) is 12.8 Å². The Bertz CT molecular complexity index is 962. The van der Waals surface area contributed by atoms with E-state index in [0.29, 0.717) is 25.9 Å². The topological polar surface area (TPSA) is 95.9 Å². The number of hydrogen-bond acceptors (Lipinski definition) is 5. The van der Waals surface area contributed by atoms with Crippen LogP contribution in [0.3, 0.4) is 0 Å². The quantitative estimate of drug-likeness (QED) is 0.0323. The third-order valence-electron chi connectivity index (χ3n) is 11.7. The van der Waals surface area contributed by atoms with Crippen molar-refractivity contribution in [2.75, 3.05) is 13.2 Å². The first-order valence-electron chi connectivity index (χ1n) is 25.7. The first-order chi connectivity index (χ1) is 29.0. The third-order valence-corrected chi connectivity index (χ3v) is 11.7. The molecule has 0 saturated carbocycles. The maximum atomic E-state index is 12.4. The van der Waals surface area contributed by atoms with Crippen molar-refractivity contribution in [3.63, 3.8) is 0 Å². The summed E-state index contributed by atoms with van der Waals surface area (Å²) in [7, 11) is 0. The molecule has 0 bridgehead atoms. The van der Waals surface area contributed by atoms with Gasteiger partial charge in [0.1, 0.15) is 0 Å². The number of unbranched alkanes of at least 4 members (excludes halogenated alkanes) is 30. The van der Waals surface area contributed by atoms with Crippen LogP contribution in [-0.4, -0.2) is 47.4 Å². The molecular formula is C53H99NO5. The highest BCUT2D eigenvalue weighted by molar-refractivity contribution is 5.76. The second-order valence-corrected chi connectivity index (χ2v) is 17.5. The zero-order valence-electron chi connectivity index (χ0n) is 39.2. The average Bonchev–Trinajstić information content (AvgIpc) is 3.24. The molecule has 0 aliphatic carbocycles. The van der Waals surface area contributed by atoms with Gasteiger partial charge in [0.05, 0.1) is 25.4 Å². The van der Waals surface area contributed by atoms with Crippen LogP contribution in [0.25, 0.3) is 0 Å². The number of aliphatic hydroxyl groups excluding tert-OH is 2. The Kier molecular flexibility index (Phi) is 47.2. The molecule has 6 nitrogen and oxygen atoms in total. The largest absolute Gasteiger partial charge is 0.466 e. The first-order valence-corrected chi connectivity index (χ1v) is 25.7. The molecule has 2 unspecified atom stereocenters. The van der Waals surface area contributed by atoms with Crippen LogP contribution in [0.2, 0.25) is 0 Å². The van der Waals surface area contributed by atoms with Crippen molar-refractivity contribution in [2.24, 2.45) is 0 Å². The van der Waals surface area contributed by atoms with Gasteiger partial charge in [-0.3, -0.25) is 9.59 Å². The van der Waals surface area contributed by atoms with Gasteiger partial charge >= 0.3 is 5.97 Å². The van der Waals surface area contributed by atoms with E-state index < -0.39 is 12.1 Å². The zero-order chi connectivity index (χ0) is 43.0. The van der Waals surface area contributed by atoms with Crippen molar-refractivity contribution in [2.45, 2.75) is 276 Å². The highest BCUT2D eigenvalue weighted by atomic mass is 16.5. The van der Waals surface area contributed by atoms with E-state index in [2.05, 4.69) is 55.6 Å². The second kappa shape index (κ2) is 48.7. The Morgan fingerprint density at radius 3 is 1.34 bits per heavy atom. The summed E-state index contributed by atoms with van der Waals surface area (Å²) in [6.07, 6.45) is 58.3. The number of esters is 1. The van der Waals surface area contributed by atoms with Crippen molar-refractivity contribution >= 4 is 11.9 Å². The maximum absolute atomic E-state index is 12.4. The van der Waals surface area contributed by atoms with Crippen molar-refractivity contribution in [3.05, 3.63) is 36.5 Å². The summed E-state index contributed by atoms with van der Waals surface area (Å²) in [6.45, 7) is 4.87. The minimum Gasteiger partial charge on any atom is -0.466 e. The molecule has 0 aromatic rings. The monoisotopic (exact) mass is 830 g/mol. The molecule has 59 heavy (non-hydrogen) atoms. The van der Waals surface area contributed by atoms with Gasteiger partial charge in [0.15, 0.2) is 0 Å². The lowest BCUT2D eigenvalue weighted by atomic mass is 10.0. The summed E-state index contributed by atoms with van der Waals surface area (Å²) in [5.41, 5.74) is 0. The first kappa shape index (κ1) is 57.1. The number of allylic oxidation sites excluding steroid dienone is 6. The Balaban J connectivity index is 3.45. The van der Waals surface area contributed by atoms with Gasteiger partial charge in [-0.05, 0) is 83.5 Å². The van der Waals surface area contributed by atoms with Crippen molar-refractivity contribution in [1.29, 1.82) is 0 Å². The van der Waals surface area contributed by atoms with E-state index in [1.807, 2.05) is 0 Å². The Hall–Kier alpha value is -1.92. The van der Waals surface area contributed by atoms with E-state index >= 15 is 0 Å². The van der Waals surface area contributed by atoms with E-state index in [-0.39, 0.29) is 18.5 Å². The molecule has 0 aliphatic heterocycles. The van der Waals surface area contributed by atoms with Crippen LogP contribution < -0.4 is 5.32 Å². The number of hydrogen-bond donors (Lipinski definition) is 3. The highest BCUT2D eigenvalue weighted by Gasteiger charge is 2.20. The summed E-state index contributed by atoms with van der Waals surface area (Å²) in [6, 6.07) is -0.552. The standard InChI is InChI=1S/C53H99NO5/c1-3-5-7-9-11-13-14-15-16-17-21-24-27-31-35-39-43-47-53(58)59-48-44-40-36-32-28-25-22-19-18-20-23-26-30-34-38-42-46-52(57)54-50(49-55)51(56)45-41-37-33-29-12-10-8-6-4-2/h11,13,15-16,18,20,50-51,55-56H,3-10,12,14,17,19,21-49H2,1-2H3,(H,54,57)/b13-11-,16-15-,20-18-. The lowest BCUT2D eigenvalue weighted by Gasteiger charge is -2.22. The maximum Gasteiger partial charge on any atom is 0.305 e. The number of nitrogens with one attached hydrogen (secondary N) is 1. The summed E-state index contributed by atoms with van der Waals surface area (Å²) in [5.74, 6) is -0.0672. The molecule has 2 atom stereocenters. The minimum absolute atomic E-state index is 0.0114. The molecule has 0 spiro atoms. The molecule has 0 aliphatic rings. The van der Waals surface area contributed by atoms with Gasteiger partial charge in [-0.1, -0.05) is 204 Å². The van der Waals surface area contributed by atoms with Crippen LogP contribution in [-0.2, 0) is 14.3 Å². The summed E-state index contributed by atoms with van der Waals surface area (Å²) in [5, 5.41) is 23.0. The van der Waals surface area contributed by atoms with Crippen LogP contribution >= 0.6 is 0 Å². The number of rotatable bonds is 47. The van der Waals surface area contributed by atoms with Gasteiger partial charge < -0.3 is 20.3 Å². The predicted molar refractivity (Wildman–Crippen MR) is 255 cm³/mol. The lowest BCUT2D eigenvalue weighted by Crippen LogP contribution is -2.45. The van der Waals surface area contributed by atoms with Gasteiger partial charge in [-0.2, -0.15) is 0 Å². The van der Waals surface area contributed by atoms with Crippen LogP contribution in [0.1, 0.15) is 264 Å². The van der Waals surface area contributed by atoms with E-state index in [4.69, 9.17) is 4.74 Å². The normalized spacial score (nSPS) is 12.9. The lowest BCUT2D eigenvalue weighted by molar-refractivity contribution is -0.143. The molecule has 0 fully saturated rings. The third kappa shape index (κ3) is 45.4. The van der Waals surface area contributed by atoms with Crippen LogP contribution in [0.4, 0.5) is 0 Å². The van der Waals surface area contributed by atoms with Crippen LogP contribution in [0.15, 0.2) is 36.5 Å². The molecule has 6 heteroatoms. The molecule has 346 valence electrons. The molecule has 0 radical (unpaired) electrons. The second-order valence-electron chi connectivity index (χ2n) is 17.5. The molecule has 0 aromatic carbocycles. The van der Waals surface area contributed by atoms with Gasteiger partial charge in [0.25, 0.3) is 0 Å². The van der Waals surface area contributed by atoms with Gasteiger partial charge in [-0.25, -0.2) is 0 Å². The number of amides is 1. The molecule has 1 amide bonds. The highest BCUT2D eigenvalue weighted by Crippen LogP contribution is 2.15. The fourth-order valence-corrected chi connectivity index (χ4v) is 7.66. The van der Waals surface area contributed by atoms with Gasteiger partial charge in [-0.15, -0.1) is 0 Å². The smallest absolute Gasteiger partial charge is 0.305 e. The number of aliphatic hydroxyl groups is 2. The Morgan fingerprint density at radius 2 is 0.847 bits per heavy atom. The number of carbonyl (C=O) groups excluding carboxylic acids is 2. The van der Waals surface area contributed by atoms with E-state index in [1.165, 1.54) is 161 Å². The number of ether oxygens (including phenoxy) is 1. The summed E-state index contributed by atoms with van der Waals surface area (Å²) >= 11 is 0. The summed E-state index contributed by atoms with van der Waals surface area (Å²) < 4.78 is 5.46. The molecular weight excluding hydrogens is 731 g/mol. The molecule has 3 N–H and O–H groups in total. The average molecular weight is 830 g/mol. The van der Waals surface area contributed by atoms with Crippen molar-refractivity contribution in [1.82, 2.24) is 5.32 Å². The number of carbonyl (C=O) groups is 2. The predicted octanol–water partition coefficient (Wildman–Crippen LogP) is 15.3. The molecule has 0 heterocycles. The van der Waals surface area contributed by atoms with Crippen LogP contribution in [0.5, 0.6) is 0 Å². The van der Waals surface area contributed by atoms with Crippen LogP contribution in [0, 0.1) is 0 Å². The zero-order valence-corrected chi connectivity index (χ0v) is 39.2. The fourth-order valence-electron chi connectivity index (χ4n) is 7.66.